The van der Waals surface area contributed by atoms with Crippen molar-refractivity contribution in [2.45, 2.75) is 38.7 Å². The van der Waals surface area contributed by atoms with Gasteiger partial charge in [-0.2, -0.15) is 0 Å². The van der Waals surface area contributed by atoms with Crippen molar-refractivity contribution in [3.05, 3.63) is 34.9 Å². The van der Waals surface area contributed by atoms with Gasteiger partial charge in [-0.05, 0) is 25.8 Å². The van der Waals surface area contributed by atoms with E-state index in [2.05, 4.69) is 0 Å². The maximum absolute atomic E-state index is 12.4. The van der Waals surface area contributed by atoms with Gasteiger partial charge in [-0.3, -0.25) is 19.3 Å². The van der Waals surface area contributed by atoms with Gasteiger partial charge in [-0.1, -0.05) is 42.6 Å². The summed E-state index contributed by atoms with van der Waals surface area (Å²) >= 11 is 6.09. The van der Waals surface area contributed by atoms with Crippen LogP contribution in [-0.4, -0.2) is 29.2 Å². The van der Waals surface area contributed by atoms with E-state index >= 15 is 0 Å². The third-order valence-corrected chi connectivity index (χ3v) is 5.22. The number of imide groups is 1. The van der Waals surface area contributed by atoms with E-state index in [0.29, 0.717) is 10.6 Å². The van der Waals surface area contributed by atoms with Crippen LogP contribution in [0.15, 0.2) is 24.3 Å². The fourth-order valence-electron chi connectivity index (χ4n) is 3.62. The van der Waals surface area contributed by atoms with Crippen molar-refractivity contribution in [2.75, 3.05) is 6.54 Å². The second-order valence-electron chi connectivity index (χ2n) is 6.41. The number of hydrogen-bond acceptors (Lipinski definition) is 4. The second kappa shape index (κ2) is 6.93. The van der Waals surface area contributed by atoms with E-state index in [0.717, 1.165) is 30.6 Å². The Hall–Kier alpha value is -1.88. The summed E-state index contributed by atoms with van der Waals surface area (Å²) in [6, 6.07) is 7.11. The Balaban J connectivity index is 1.63. The predicted octanol–water partition coefficient (Wildman–Crippen LogP) is 3.12. The van der Waals surface area contributed by atoms with Crippen molar-refractivity contribution in [1.29, 1.82) is 0 Å². The van der Waals surface area contributed by atoms with Crippen LogP contribution in [0.5, 0.6) is 0 Å². The van der Waals surface area contributed by atoms with Gasteiger partial charge in [0.25, 0.3) is 0 Å². The molecule has 0 aromatic heterocycles. The van der Waals surface area contributed by atoms with E-state index in [1.54, 1.807) is 25.1 Å². The number of benzene rings is 1. The van der Waals surface area contributed by atoms with Crippen molar-refractivity contribution in [1.82, 2.24) is 4.90 Å². The van der Waals surface area contributed by atoms with E-state index in [-0.39, 0.29) is 30.2 Å². The van der Waals surface area contributed by atoms with E-state index in [4.69, 9.17) is 16.3 Å². The molecule has 1 heterocycles. The summed E-state index contributed by atoms with van der Waals surface area (Å²) in [5, 5.41) is 0.511. The number of esters is 1. The molecule has 0 N–H and O–H groups in total. The van der Waals surface area contributed by atoms with Gasteiger partial charge in [0.1, 0.15) is 12.6 Å². The number of likely N-dealkylation sites (tertiary alicyclic amines) is 1. The van der Waals surface area contributed by atoms with Crippen LogP contribution >= 0.6 is 11.6 Å². The van der Waals surface area contributed by atoms with Gasteiger partial charge in [-0.15, -0.1) is 0 Å². The predicted molar refractivity (Wildman–Crippen MR) is 88.1 cm³/mol. The lowest BCUT2D eigenvalue weighted by Gasteiger charge is -2.19. The Morgan fingerprint density at radius 3 is 2.38 bits per heavy atom. The molecule has 0 spiro atoms. The lowest BCUT2D eigenvalue weighted by atomic mass is 9.81. The van der Waals surface area contributed by atoms with Crippen LogP contribution in [0.2, 0.25) is 5.02 Å². The summed E-state index contributed by atoms with van der Waals surface area (Å²) in [7, 11) is 0. The van der Waals surface area contributed by atoms with Gasteiger partial charge in [0.05, 0.1) is 11.8 Å². The highest BCUT2D eigenvalue weighted by Gasteiger charge is 2.48. The molecule has 1 saturated carbocycles. The standard InChI is InChI=1S/C18H20ClNO4/c1-11(12-6-4-5-9-15(12)19)24-16(21)10-20-17(22)13-7-2-3-8-14(13)18(20)23/h4-6,9,11,13-14H,2-3,7-8,10H2,1H3/t11-,13-,14+/m0/s1. The Kier molecular flexibility index (Phi) is 4.90. The molecular formula is C18H20ClNO4. The lowest BCUT2D eigenvalue weighted by molar-refractivity contribution is -0.156. The van der Waals surface area contributed by atoms with E-state index in [9.17, 15) is 14.4 Å². The van der Waals surface area contributed by atoms with Gasteiger partial charge < -0.3 is 4.74 Å². The topological polar surface area (TPSA) is 63.7 Å². The van der Waals surface area contributed by atoms with Crippen LogP contribution in [0.25, 0.3) is 0 Å². The number of carbonyl (C=O) groups excluding carboxylic acids is 3. The Morgan fingerprint density at radius 1 is 1.21 bits per heavy atom. The number of nitrogens with zero attached hydrogens (tertiary/aromatic N) is 1. The minimum atomic E-state index is -0.595. The summed E-state index contributed by atoms with van der Waals surface area (Å²) in [5.41, 5.74) is 0.695. The molecule has 24 heavy (non-hydrogen) atoms. The average molecular weight is 350 g/mol. The zero-order valence-electron chi connectivity index (χ0n) is 13.5. The number of fused-ring (bicyclic) bond motifs is 1. The quantitative estimate of drug-likeness (QED) is 0.619. The fourth-order valence-corrected chi connectivity index (χ4v) is 3.91. The molecule has 6 heteroatoms. The van der Waals surface area contributed by atoms with E-state index in [1.807, 2.05) is 6.07 Å². The number of ether oxygens (including phenoxy) is 1. The Morgan fingerprint density at radius 2 is 1.79 bits per heavy atom. The van der Waals surface area contributed by atoms with Crippen LogP contribution in [0, 0.1) is 11.8 Å². The Bertz CT molecular complexity index is 651. The number of halogens is 1. The van der Waals surface area contributed by atoms with Gasteiger partial charge in [0.15, 0.2) is 0 Å². The van der Waals surface area contributed by atoms with Crippen LogP contribution < -0.4 is 0 Å². The molecule has 5 nitrogen and oxygen atoms in total. The fraction of sp³-hybridized carbons (Fsp3) is 0.500. The molecule has 3 atom stereocenters. The van der Waals surface area contributed by atoms with Crippen molar-refractivity contribution in [3.8, 4) is 0 Å². The average Bonchev–Trinajstić information content (AvgIpc) is 2.80. The molecule has 1 saturated heterocycles. The minimum absolute atomic E-state index is 0.230. The highest BCUT2D eigenvalue weighted by molar-refractivity contribution is 6.31. The molecule has 128 valence electrons. The summed E-state index contributed by atoms with van der Waals surface area (Å²) < 4.78 is 5.36. The van der Waals surface area contributed by atoms with Crippen LogP contribution in [0.3, 0.4) is 0 Å². The minimum Gasteiger partial charge on any atom is -0.456 e. The van der Waals surface area contributed by atoms with Crippen molar-refractivity contribution >= 4 is 29.4 Å². The molecule has 2 fully saturated rings. The van der Waals surface area contributed by atoms with E-state index < -0.39 is 12.1 Å². The van der Waals surface area contributed by atoms with Gasteiger partial charge in [-0.25, -0.2) is 0 Å². The maximum Gasteiger partial charge on any atom is 0.326 e. The molecule has 0 radical (unpaired) electrons. The lowest BCUT2D eigenvalue weighted by Crippen LogP contribution is -2.37. The van der Waals surface area contributed by atoms with Gasteiger partial charge >= 0.3 is 5.97 Å². The molecule has 0 bridgehead atoms. The van der Waals surface area contributed by atoms with Crippen LogP contribution in [0.1, 0.15) is 44.3 Å². The molecule has 1 aromatic carbocycles. The first-order valence-electron chi connectivity index (χ1n) is 8.28. The first-order chi connectivity index (χ1) is 11.5. The second-order valence-corrected chi connectivity index (χ2v) is 6.82. The van der Waals surface area contributed by atoms with Gasteiger partial charge in [0.2, 0.25) is 11.8 Å². The number of rotatable bonds is 4. The zero-order chi connectivity index (χ0) is 17.3. The highest BCUT2D eigenvalue weighted by Crippen LogP contribution is 2.38. The normalized spacial score (nSPS) is 24.7. The Labute approximate surface area is 145 Å². The molecule has 3 rings (SSSR count). The SMILES string of the molecule is C[C@H](OC(=O)CN1C(=O)[C@H]2CCCC[C@H]2C1=O)c1ccccc1Cl. The highest BCUT2D eigenvalue weighted by atomic mass is 35.5. The third kappa shape index (κ3) is 3.18. The summed E-state index contributed by atoms with van der Waals surface area (Å²) in [4.78, 5) is 38.0. The van der Waals surface area contributed by atoms with Crippen LogP contribution in [-0.2, 0) is 19.1 Å². The van der Waals surface area contributed by atoms with Crippen molar-refractivity contribution in [3.63, 3.8) is 0 Å². The van der Waals surface area contributed by atoms with Crippen molar-refractivity contribution < 1.29 is 19.1 Å². The first kappa shape index (κ1) is 17.0. The molecular weight excluding hydrogens is 330 g/mol. The van der Waals surface area contributed by atoms with Crippen LogP contribution in [0.4, 0.5) is 0 Å². The zero-order valence-corrected chi connectivity index (χ0v) is 14.3. The molecule has 1 aliphatic heterocycles. The largest absolute Gasteiger partial charge is 0.456 e. The molecule has 1 aromatic rings. The van der Waals surface area contributed by atoms with Crippen molar-refractivity contribution in [2.24, 2.45) is 11.8 Å². The molecule has 2 amide bonds. The smallest absolute Gasteiger partial charge is 0.326 e. The number of amides is 2. The summed E-state index contributed by atoms with van der Waals surface area (Å²) in [6.07, 6.45) is 2.85. The summed E-state index contributed by atoms with van der Waals surface area (Å²) in [5.74, 6) is -1.55. The number of carbonyl (C=O) groups is 3. The van der Waals surface area contributed by atoms with E-state index in [1.165, 1.54) is 0 Å². The molecule has 0 unspecified atom stereocenters. The summed E-state index contributed by atoms with van der Waals surface area (Å²) in [6.45, 7) is 1.39. The first-order valence-corrected chi connectivity index (χ1v) is 8.66. The maximum atomic E-state index is 12.4. The number of hydrogen-bond donors (Lipinski definition) is 0. The molecule has 1 aliphatic carbocycles. The monoisotopic (exact) mass is 349 g/mol. The molecule has 2 aliphatic rings. The third-order valence-electron chi connectivity index (χ3n) is 4.87. The van der Waals surface area contributed by atoms with Gasteiger partial charge in [0, 0.05) is 10.6 Å².